The number of hydrogen-bond acceptors (Lipinski definition) is 3. The summed E-state index contributed by atoms with van der Waals surface area (Å²) < 4.78 is 39.2. The largest absolute Gasteiger partial charge is 0.418 e. The van der Waals surface area contributed by atoms with Crippen molar-refractivity contribution in [3.63, 3.8) is 0 Å². The number of nitrogens with one attached hydrogen (secondary N) is 2. The van der Waals surface area contributed by atoms with Gasteiger partial charge in [0.05, 0.1) is 24.3 Å². The summed E-state index contributed by atoms with van der Waals surface area (Å²) in [5.74, 6) is -0.924. The molecule has 2 rings (SSSR count). The van der Waals surface area contributed by atoms with Crippen molar-refractivity contribution in [3.8, 4) is 0 Å². The number of amides is 2. The van der Waals surface area contributed by atoms with Gasteiger partial charge in [0.2, 0.25) is 11.8 Å². The first kappa shape index (κ1) is 22.4. The Balaban J connectivity index is 1.98. The van der Waals surface area contributed by atoms with Gasteiger partial charge in [-0.05, 0) is 49.7 Å². The molecule has 2 N–H and O–H groups in total. The van der Waals surface area contributed by atoms with Crippen LogP contribution in [0.3, 0.4) is 0 Å². The van der Waals surface area contributed by atoms with Crippen LogP contribution in [0.15, 0.2) is 42.5 Å². The maximum absolute atomic E-state index is 13.1. The molecule has 0 saturated carbocycles. The molecule has 5 nitrogen and oxygen atoms in total. The average Bonchev–Trinajstić information content (AvgIpc) is 2.64. The van der Waals surface area contributed by atoms with Gasteiger partial charge in [0.25, 0.3) is 0 Å². The molecule has 0 spiro atoms. The van der Waals surface area contributed by atoms with Gasteiger partial charge < -0.3 is 10.6 Å². The van der Waals surface area contributed by atoms with Crippen LogP contribution >= 0.6 is 0 Å². The smallest absolute Gasteiger partial charge is 0.325 e. The Morgan fingerprint density at radius 3 is 2.03 bits per heavy atom. The van der Waals surface area contributed by atoms with Crippen LogP contribution in [0, 0.1) is 13.8 Å². The molecule has 0 fully saturated rings. The maximum Gasteiger partial charge on any atom is 0.418 e. The molecule has 0 bridgehead atoms. The van der Waals surface area contributed by atoms with E-state index >= 15 is 0 Å². The third-order valence-electron chi connectivity index (χ3n) is 4.57. The maximum atomic E-state index is 13.1. The van der Waals surface area contributed by atoms with E-state index < -0.39 is 17.6 Å². The molecule has 2 aromatic rings. The standard InChI is InChI=1S/C21H24F3N3O2/c1-4-27(12-19(28)25-17-11-7-8-14(2)15(17)3)13-20(29)26-18-10-6-5-9-16(18)21(22,23)24/h5-11H,4,12-13H2,1-3H3,(H,25,28)(H,26,29). The highest BCUT2D eigenvalue weighted by atomic mass is 19.4. The van der Waals surface area contributed by atoms with Crippen LogP contribution in [0.25, 0.3) is 0 Å². The predicted octanol–water partition coefficient (Wildman–Crippen LogP) is 4.22. The molecular weight excluding hydrogens is 383 g/mol. The summed E-state index contributed by atoms with van der Waals surface area (Å²) in [7, 11) is 0. The molecule has 0 saturated heterocycles. The molecule has 8 heteroatoms. The summed E-state index contributed by atoms with van der Waals surface area (Å²) in [5, 5.41) is 5.10. The highest BCUT2D eigenvalue weighted by Crippen LogP contribution is 2.34. The summed E-state index contributed by atoms with van der Waals surface area (Å²) in [4.78, 5) is 26.1. The molecule has 0 heterocycles. The second-order valence-electron chi connectivity index (χ2n) is 6.69. The van der Waals surface area contributed by atoms with Crippen LogP contribution in [0.4, 0.5) is 24.5 Å². The fourth-order valence-electron chi connectivity index (χ4n) is 2.79. The first-order valence-electron chi connectivity index (χ1n) is 9.16. The highest BCUT2D eigenvalue weighted by molar-refractivity contribution is 5.95. The number of nitrogens with zero attached hydrogens (tertiary/aromatic N) is 1. The molecule has 0 aliphatic heterocycles. The normalized spacial score (nSPS) is 11.4. The summed E-state index contributed by atoms with van der Waals surface area (Å²) in [6.45, 7) is 5.72. The van der Waals surface area contributed by atoms with Gasteiger partial charge in [0.1, 0.15) is 0 Å². The molecule has 2 aromatic carbocycles. The molecular formula is C21H24F3N3O2. The quantitative estimate of drug-likeness (QED) is 0.722. The molecule has 0 atom stereocenters. The number of rotatable bonds is 7. The number of carbonyl (C=O) groups is 2. The Morgan fingerprint density at radius 1 is 0.897 bits per heavy atom. The topological polar surface area (TPSA) is 61.4 Å². The Bertz CT molecular complexity index is 882. The lowest BCUT2D eigenvalue weighted by Crippen LogP contribution is -2.39. The van der Waals surface area contributed by atoms with Crippen molar-refractivity contribution in [1.82, 2.24) is 4.90 Å². The Kier molecular flexibility index (Phi) is 7.39. The van der Waals surface area contributed by atoms with Crippen molar-refractivity contribution < 1.29 is 22.8 Å². The van der Waals surface area contributed by atoms with Crippen molar-refractivity contribution in [1.29, 1.82) is 0 Å². The number of carbonyl (C=O) groups excluding carboxylic acids is 2. The Hall–Kier alpha value is -2.87. The van der Waals surface area contributed by atoms with Gasteiger partial charge in [-0.1, -0.05) is 31.2 Å². The summed E-state index contributed by atoms with van der Waals surface area (Å²) in [6, 6.07) is 10.3. The van der Waals surface area contributed by atoms with E-state index in [0.29, 0.717) is 12.2 Å². The average molecular weight is 407 g/mol. The molecule has 0 aliphatic carbocycles. The van der Waals surface area contributed by atoms with Gasteiger partial charge in [0, 0.05) is 5.69 Å². The number of likely N-dealkylation sites (N-methyl/N-ethyl adjacent to an activating group) is 1. The lowest BCUT2D eigenvalue weighted by atomic mass is 10.1. The minimum absolute atomic E-state index is 0.0573. The highest BCUT2D eigenvalue weighted by Gasteiger charge is 2.33. The predicted molar refractivity (Wildman–Crippen MR) is 107 cm³/mol. The van der Waals surface area contributed by atoms with Gasteiger partial charge in [-0.3, -0.25) is 14.5 Å². The fraction of sp³-hybridized carbons (Fsp3) is 0.333. The van der Waals surface area contributed by atoms with Crippen LogP contribution < -0.4 is 10.6 Å². The van der Waals surface area contributed by atoms with Crippen molar-refractivity contribution in [2.24, 2.45) is 0 Å². The van der Waals surface area contributed by atoms with E-state index in [1.807, 2.05) is 26.0 Å². The van der Waals surface area contributed by atoms with E-state index in [9.17, 15) is 22.8 Å². The molecule has 156 valence electrons. The Labute approximate surface area is 167 Å². The summed E-state index contributed by atoms with van der Waals surface area (Å²) in [5.41, 5.74) is 1.46. The third kappa shape index (κ3) is 6.32. The summed E-state index contributed by atoms with van der Waals surface area (Å²) in [6.07, 6.45) is -4.57. The lowest BCUT2D eigenvalue weighted by molar-refractivity contribution is -0.137. The third-order valence-corrected chi connectivity index (χ3v) is 4.57. The van der Waals surface area contributed by atoms with Crippen molar-refractivity contribution in [3.05, 3.63) is 59.2 Å². The zero-order valence-corrected chi connectivity index (χ0v) is 16.6. The molecule has 2 amide bonds. The van der Waals surface area contributed by atoms with Crippen LogP contribution in [0.1, 0.15) is 23.6 Å². The zero-order chi connectivity index (χ0) is 21.6. The van der Waals surface area contributed by atoms with Crippen LogP contribution in [-0.2, 0) is 15.8 Å². The first-order valence-corrected chi connectivity index (χ1v) is 9.16. The second-order valence-corrected chi connectivity index (χ2v) is 6.69. The van der Waals surface area contributed by atoms with Gasteiger partial charge >= 0.3 is 6.18 Å². The number of benzene rings is 2. The van der Waals surface area contributed by atoms with Crippen LogP contribution in [-0.4, -0.2) is 36.3 Å². The van der Waals surface area contributed by atoms with Gasteiger partial charge in [0.15, 0.2) is 0 Å². The summed E-state index contributed by atoms with van der Waals surface area (Å²) >= 11 is 0. The number of para-hydroxylation sites is 1. The van der Waals surface area contributed by atoms with Gasteiger partial charge in [-0.15, -0.1) is 0 Å². The van der Waals surface area contributed by atoms with E-state index in [1.54, 1.807) is 17.9 Å². The van der Waals surface area contributed by atoms with Crippen LogP contribution in [0.2, 0.25) is 0 Å². The lowest BCUT2D eigenvalue weighted by Gasteiger charge is -2.20. The molecule has 0 aromatic heterocycles. The SMILES string of the molecule is CCN(CC(=O)Nc1ccccc1C(F)(F)F)CC(=O)Nc1cccc(C)c1C. The Morgan fingerprint density at radius 2 is 1.45 bits per heavy atom. The minimum atomic E-state index is -4.57. The van der Waals surface area contributed by atoms with Crippen molar-refractivity contribution in [2.75, 3.05) is 30.3 Å². The molecule has 0 unspecified atom stereocenters. The number of alkyl halides is 3. The second kappa shape index (κ2) is 9.56. The van der Waals surface area contributed by atoms with Gasteiger partial charge in [-0.2, -0.15) is 13.2 Å². The van der Waals surface area contributed by atoms with E-state index in [1.165, 1.54) is 18.2 Å². The first-order chi connectivity index (χ1) is 13.6. The van der Waals surface area contributed by atoms with Crippen LogP contribution in [0.5, 0.6) is 0 Å². The zero-order valence-electron chi connectivity index (χ0n) is 16.6. The molecule has 0 aliphatic rings. The monoisotopic (exact) mass is 407 g/mol. The fourth-order valence-corrected chi connectivity index (χ4v) is 2.79. The van der Waals surface area contributed by atoms with E-state index in [4.69, 9.17) is 0 Å². The number of anilines is 2. The number of hydrogen-bond donors (Lipinski definition) is 2. The van der Waals surface area contributed by atoms with Crippen molar-refractivity contribution in [2.45, 2.75) is 26.9 Å². The van der Waals surface area contributed by atoms with Crippen molar-refractivity contribution >= 4 is 23.2 Å². The van der Waals surface area contributed by atoms with E-state index in [0.717, 1.165) is 17.2 Å². The number of halogens is 3. The van der Waals surface area contributed by atoms with E-state index in [2.05, 4.69) is 10.6 Å². The van der Waals surface area contributed by atoms with E-state index in [-0.39, 0.29) is 24.7 Å². The number of aryl methyl sites for hydroxylation is 1. The molecule has 0 radical (unpaired) electrons. The molecule has 29 heavy (non-hydrogen) atoms. The minimum Gasteiger partial charge on any atom is -0.325 e. The van der Waals surface area contributed by atoms with Gasteiger partial charge in [-0.25, -0.2) is 0 Å².